The molecule has 8 nitrogen and oxygen atoms in total. The Morgan fingerprint density at radius 3 is 2.47 bits per heavy atom. The second-order valence-electron chi connectivity index (χ2n) is 8.72. The molecular weight excluding hydrogens is 451 g/mol. The predicted octanol–water partition coefficient (Wildman–Crippen LogP) is 3.97. The van der Waals surface area contributed by atoms with Crippen molar-refractivity contribution in [3.8, 4) is 0 Å². The Balaban J connectivity index is 1.76. The Morgan fingerprint density at radius 2 is 1.85 bits per heavy atom. The molecule has 2 amide bonds. The van der Waals surface area contributed by atoms with Gasteiger partial charge in [0, 0.05) is 6.20 Å². The fourth-order valence-electron chi connectivity index (χ4n) is 4.47. The number of hydrogen-bond acceptors (Lipinski definition) is 6. The van der Waals surface area contributed by atoms with Crippen molar-refractivity contribution in [1.82, 2.24) is 20.5 Å². The maximum atomic E-state index is 13.2. The Morgan fingerprint density at radius 1 is 1.18 bits per heavy atom. The summed E-state index contributed by atoms with van der Waals surface area (Å²) in [5, 5.41) is 0.992. The lowest BCUT2D eigenvalue weighted by atomic mass is 9.73. The van der Waals surface area contributed by atoms with E-state index in [0.717, 1.165) is 29.3 Å². The van der Waals surface area contributed by atoms with Crippen LogP contribution >= 0.6 is 0 Å². The molecule has 2 N–H and O–H groups in total. The highest BCUT2D eigenvalue weighted by Gasteiger charge is 2.39. The van der Waals surface area contributed by atoms with E-state index in [9.17, 15) is 22.8 Å². The van der Waals surface area contributed by atoms with Crippen molar-refractivity contribution in [2.24, 2.45) is 17.8 Å². The molecule has 1 heterocycles. The number of anilines is 1. The normalized spacial score (nSPS) is 21.4. The van der Waals surface area contributed by atoms with Gasteiger partial charge >= 0.3 is 6.18 Å². The van der Waals surface area contributed by atoms with E-state index in [4.69, 9.17) is 4.84 Å². The van der Waals surface area contributed by atoms with Gasteiger partial charge in [-0.3, -0.25) is 25.3 Å². The number of aromatic nitrogens is 2. The Kier molecular flexibility index (Phi) is 8.43. The number of nitrogens with one attached hydrogen (secondary N) is 2. The SMILES string of the molecule is C[C@@H]1CC(C(C(=O)NNc2nccc(C(F)(F)F)n2)N(C=O)OCc2ccccc2)C[C@H](C)C1. The smallest absolute Gasteiger partial charge is 0.276 e. The van der Waals surface area contributed by atoms with E-state index in [1.807, 2.05) is 30.3 Å². The van der Waals surface area contributed by atoms with E-state index in [2.05, 4.69) is 34.7 Å². The molecule has 1 aromatic heterocycles. The highest BCUT2D eigenvalue weighted by atomic mass is 19.4. The van der Waals surface area contributed by atoms with Crippen LogP contribution in [-0.2, 0) is 27.2 Å². The van der Waals surface area contributed by atoms with Gasteiger partial charge in [-0.1, -0.05) is 44.2 Å². The first-order valence-electron chi connectivity index (χ1n) is 11.0. The number of benzene rings is 1. The summed E-state index contributed by atoms with van der Waals surface area (Å²) < 4.78 is 38.8. The van der Waals surface area contributed by atoms with Crippen LogP contribution in [0.4, 0.5) is 19.1 Å². The summed E-state index contributed by atoms with van der Waals surface area (Å²) >= 11 is 0. The monoisotopic (exact) mass is 479 g/mol. The van der Waals surface area contributed by atoms with E-state index >= 15 is 0 Å². The summed E-state index contributed by atoms with van der Waals surface area (Å²) in [6, 6.07) is 8.90. The van der Waals surface area contributed by atoms with Crippen LogP contribution in [0.15, 0.2) is 42.6 Å². The second-order valence-corrected chi connectivity index (χ2v) is 8.72. The summed E-state index contributed by atoms with van der Waals surface area (Å²) in [5.74, 6) is -0.579. The molecular formula is C23H28F3N5O3. The first-order chi connectivity index (χ1) is 16.2. The molecule has 2 aromatic rings. The molecule has 0 spiro atoms. The van der Waals surface area contributed by atoms with Gasteiger partial charge in [-0.25, -0.2) is 15.0 Å². The lowest BCUT2D eigenvalue weighted by Gasteiger charge is -2.38. The number of rotatable bonds is 9. The Bertz CT molecular complexity index is 950. The molecule has 34 heavy (non-hydrogen) atoms. The van der Waals surface area contributed by atoms with Gasteiger partial charge in [0.1, 0.15) is 18.3 Å². The van der Waals surface area contributed by atoms with Crippen LogP contribution in [0.3, 0.4) is 0 Å². The van der Waals surface area contributed by atoms with Gasteiger partial charge in [0.2, 0.25) is 12.4 Å². The average molecular weight is 480 g/mol. The maximum Gasteiger partial charge on any atom is 0.433 e. The zero-order valence-electron chi connectivity index (χ0n) is 19.0. The standard InChI is InChI=1S/C23H28F3N5O3/c1-15-10-16(2)12-18(11-15)20(31(14-32)34-13-17-6-4-3-5-7-17)21(33)29-30-22-27-9-8-19(28-22)23(24,25)26/h3-9,14-16,18,20H,10-13H2,1-2H3,(H,29,33)(H,27,28,30)/t15-,16+,18?,20?. The van der Waals surface area contributed by atoms with Crippen molar-refractivity contribution in [3.63, 3.8) is 0 Å². The number of alkyl halides is 3. The number of amides is 2. The lowest BCUT2D eigenvalue weighted by molar-refractivity contribution is -0.203. The van der Waals surface area contributed by atoms with Crippen LogP contribution in [0, 0.1) is 17.8 Å². The summed E-state index contributed by atoms with van der Waals surface area (Å²) in [6.07, 6.45) is -0.860. The molecule has 0 aliphatic heterocycles. The highest BCUT2D eigenvalue weighted by Crippen LogP contribution is 2.36. The van der Waals surface area contributed by atoms with Gasteiger partial charge in [0.15, 0.2) is 0 Å². The first-order valence-corrected chi connectivity index (χ1v) is 11.0. The van der Waals surface area contributed by atoms with E-state index in [1.165, 1.54) is 0 Å². The molecule has 0 saturated heterocycles. The molecule has 1 aliphatic rings. The number of carbonyl (C=O) groups excluding carboxylic acids is 2. The van der Waals surface area contributed by atoms with Crippen molar-refractivity contribution in [3.05, 3.63) is 53.9 Å². The largest absolute Gasteiger partial charge is 0.433 e. The summed E-state index contributed by atoms with van der Waals surface area (Å²) in [6.45, 7) is 4.25. The summed E-state index contributed by atoms with van der Waals surface area (Å²) in [4.78, 5) is 37.9. The molecule has 1 aromatic carbocycles. The molecule has 2 unspecified atom stereocenters. The Hall–Kier alpha value is -3.21. The minimum atomic E-state index is -4.65. The van der Waals surface area contributed by atoms with Crippen molar-refractivity contribution < 1.29 is 27.6 Å². The summed E-state index contributed by atoms with van der Waals surface area (Å²) in [5.41, 5.74) is 4.35. The van der Waals surface area contributed by atoms with Crippen molar-refractivity contribution in [2.45, 2.75) is 51.9 Å². The topological polar surface area (TPSA) is 96.5 Å². The van der Waals surface area contributed by atoms with Crippen LogP contribution in [0.25, 0.3) is 0 Å². The van der Waals surface area contributed by atoms with Crippen LogP contribution in [-0.4, -0.2) is 33.4 Å². The average Bonchev–Trinajstić information content (AvgIpc) is 2.80. The first kappa shape index (κ1) is 25.4. The predicted molar refractivity (Wildman–Crippen MR) is 117 cm³/mol. The molecule has 1 aliphatic carbocycles. The molecule has 184 valence electrons. The van der Waals surface area contributed by atoms with Gasteiger partial charge < -0.3 is 0 Å². The molecule has 0 bridgehead atoms. The second kappa shape index (κ2) is 11.3. The number of halogens is 3. The lowest BCUT2D eigenvalue weighted by Crippen LogP contribution is -2.53. The number of carbonyl (C=O) groups is 2. The molecule has 0 radical (unpaired) electrons. The number of hydrazine groups is 1. The van der Waals surface area contributed by atoms with Gasteiger partial charge in [0.05, 0.1) is 0 Å². The molecule has 1 saturated carbocycles. The van der Waals surface area contributed by atoms with Crippen molar-refractivity contribution in [2.75, 3.05) is 5.43 Å². The van der Waals surface area contributed by atoms with Gasteiger partial charge in [0.25, 0.3) is 5.91 Å². The zero-order chi connectivity index (χ0) is 24.7. The fourth-order valence-corrected chi connectivity index (χ4v) is 4.47. The molecule has 11 heteroatoms. The molecule has 4 atom stereocenters. The van der Waals surface area contributed by atoms with Crippen LogP contribution in [0.1, 0.15) is 44.4 Å². The van der Waals surface area contributed by atoms with Gasteiger partial charge in [-0.15, -0.1) is 0 Å². The minimum absolute atomic E-state index is 0.0748. The maximum absolute atomic E-state index is 13.2. The molecule has 3 rings (SSSR count). The third kappa shape index (κ3) is 6.89. The van der Waals surface area contributed by atoms with Crippen LogP contribution in [0.5, 0.6) is 0 Å². The zero-order valence-corrected chi connectivity index (χ0v) is 19.0. The van der Waals surface area contributed by atoms with E-state index in [0.29, 0.717) is 31.1 Å². The fraction of sp³-hybridized carbons (Fsp3) is 0.478. The third-order valence-electron chi connectivity index (χ3n) is 5.77. The van der Waals surface area contributed by atoms with Crippen LogP contribution in [0.2, 0.25) is 0 Å². The van der Waals surface area contributed by atoms with Crippen LogP contribution < -0.4 is 10.9 Å². The van der Waals surface area contributed by atoms with E-state index in [-0.39, 0.29) is 12.5 Å². The van der Waals surface area contributed by atoms with E-state index in [1.54, 1.807) is 0 Å². The van der Waals surface area contributed by atoms with E-state index < -0.39 is 29.8 Å². The van der Waals surface area contributed by atoms with Gasteiger partial charge in [-0.2, -0.15) is 13.2 Å². The number of nitrogens with zero attached hydrogens (tertiary/aromatic N) is 3. The Labute approximate surface area is 195 Å². The van der Waals surface area contributed by atoms with Gasteiger partial charge in [-0.05, 0) is 48.6 Å². The summed E-state index contributed by atoms with van der Waals surface area (Å²) in [7, 11) is 0. The minimum Gasteiger partial charge on any atom is -0.276 e. The number of hydroxylamine groups is 2. The highest BCUT2D eigenvalue weighted by molar-refractivity contribution is 5.84. The number of hydrogen-bond donors (Lipinski definition) is 2. The third-order valence-corrected chi connectivity index (χ3v) is 5.77. The van der Waals surface area contributed by atoms with Crippen molar-refractivity contribution >= 4 is 18.3 Å². The van der Waals surface area contributed by atoms with Crippen molar-refractivity contribution in [1.29, 1.82) is 0 Å². The quantitative estimate of drug-likeness (QED) is 0.417. The molecule has 1 fully saturated rings.